The van der Waals surface area contributed by atoms with E-state index in [2.05, 4.69) is 222 Å². The number of rotatable bonds is 11. The van der Waals surface area contributed by atoms with Crippen LogP contribution >= 0.6 is 0 Å². The lowest BCUT2D eigenvalue weighted by atomic mass is 9.80. The van der Waals surface area contributed by atoms with Gasteiger partial charge >= 0.3 is 0 Å². The van der Waals surface area contributed by atoms with Crippen LogP contribution in [0.25, 0.3) is 28.3 Å². The highest BCUT2D eigenvalue weighted by molar-refractivity contribution is 5.78. The maximum Gasteiger partial charge on any atom is -0.00258 e. The summed E-state index contributed by atoms with van der Waals surface area (Å²) in [5.41, 5.74) is 16.5. The predicted molar refractivity (Wildman–Crippen MR) is 274 cm³/mol. The zero-order chi connectivity index (χ0) is 45.0. The molecule has 6 rings (SSSR count). The van der Waals surface area contributed by atoms with Crippen LogP contribution < -0.4 is 0 Å². The van der Waals surface area contributed by atoms with Crippen molar-refractivity contribution in [2.75, 3.05) is 0 Å². The highest BCUT2D eigenvalue weighted by atomic mass is 14.2. The summed E-state index contributed by atoms with van der Waals surface area (Å²) in [6.07, 6.45) is 11.3. The molecule has 0 radical (unpaired) electrons. The summed E-state index contributed by atoms with van der Waals surface area (Å²) in [5.74, 6) is 0.595. The lowest BCUT2D eigenvalue weighted by Gasteiger charge is -2.25. The number of aryl methyl sites for hydroxylation is 2. The Morgan fingerprint density at radius 3 is 1.41 bits per heavy atom. The van der Waals surface area contributed by atoms with Crippen molar-refractivity contribution < 1.29 is 0 Å². The average Bonchev–Trinajstić information content (AvgIpc) is 3.27. The summed E-state index contributed by atoms with van der Waals surface area (Å²) in [4.78, 5) is 0. The fourth-order valence-electron chi connectivity index (χ4n) is 6.17. The first-order valence-electron chi connectivity index (χ1n) is 21.9. The zero-order valence-corrected chi connectivity index (χ0v) is 39.2. The van der Waals surface area contributed by atoms with Crippen LogP contribution in [0, 0.1) is 25.2 Å². The molecule has 0 fully saturated rings. The zero-order valence-electron chi connectivity index (χ0n) is 39.2. The summed E-state index contributed by atoms with van der Waals surface area (Å²) in [7, 11) is 0. The molecule has 0 amide bonds. The van der Waals surface area contributed by atoms with E-state index in [1.807, 2.05) is 56.3 Å². The van der Waals surface area contributed by atoms with Gasteiger partial charge in [-0.1, -0.05) is 275 Å². The molecule has 0 aromatic heterocycles. The monoisotopic (exact) mass is 805 g/mol. The molecule has 0 N–H and O–H groups in total. The smallest absolute Gasteiger partial charge is 0.00258 e. The van der Waals surface area contributed by atoms with Gasteiger partial charge in [0.25, 0.3) is 0 Å². The van der Waals surface area contributed by atoms with Gasteiger partial charge in [-0.2, -0.15) is 0 Å². The molecule has 0 aliphatic rings. The van der Waals surface area contributed by atoms with Gasteiger partial charge in [0.05, 0.1) is 0 Å². The Morgan fingerprint density at radius 1 is 0.557 bits per heavy atom. The van der Waals surface area contributed by atoms with E-state index >= 15 is 0 Å². The molecule has 61 heavy (non-hydrogen) atoms. The summed E-state index contributed by atoms with van der Waals surface area (Å²) in [6, 6.07) is 53.8. The Hall–Kier alpha value is -5.98. The van der Waals surface area contributed by atoms with Gasteiger partial charge in [-0.3, -0.25) is 0 Å². The first-order valence-corrected chi connectivity index (χ1v) is 21.9. The van der Waals surface area contributed by atoms with Gasteiger partial charge in [-0.15, -0.1) is 0 Å². The van der Waals surface area contributed by atoms with Crippen molar-refractivity contribution in [2.24, 2.45) is 11.3 Å². The molecule has 0 bridgehead atoms. The van der Waals surface area contributed by atoms with Crippen molar-refractivity contribution in [2.45, 2.75) is 88.0 Å². The van der Waals surface area contributed by atoms with E-state index in [0.29, 0.717) is 5.92 Å². The van der Waals surface area contributed by atoms with Gasteiger partial charge in [0, 0.05) is 0 Å². The van der Waals surface area contributed by atoms with E-state index in [9.17, 15) is 0 Å². The molecular weight excluding hydrogens is 733 g/mol. The third kappa shape index (κ3) is 16.2. The Bertz CT molecular complexity index is 2260. The number of hydrogen-bond acceptors (Lipinski definition) is 0. The number of hydrogen-bond donors (Lipinski definition) is 0. The third-order valence-corrected chi connectivity index (χ3v) is 11.0. The summed E-state index contributed by atoms with van der Waals surface area (Å²) in [6.45, 7) is 35.8. The second kappa shape index (κ2) is 24.3. The van der Waals surface area contributed by atoms with Crippen LogP contribution in [0.4, 0.5) is 0 Å². The minimum absolute atomic E-state index is 0.169. The normalized spacial score (nSPS) is 11.3. The summed E-state index contributed by atoms with van der Waals surface area (Å²) < 4.78 is 0. The Labute approximate surface area is 371 Å². The molecule has 0 heterocycles. The minimum Gasteiger partial charge on any atom is -0.0990 e. The molecule has 6 aromatic carbocycles. The third-order valence-electron chi connectivity index (χ3n) is 11.0. The second-order valence-electron chi connectivity index (χ2n) is 17.4. The van der Waals surface area contributed by atoms with E-state index in [1.54, 1.807) is 0 Å². The highest BCUT2D eigenvalue weighted by Gasteiger charge is 2.18. The first-order chi connectivity index (χ1) is 29.1. The van der Waals surface area contributed by atoms with Crippen LogP contribution in [-0.2, 0) is 11.8 Å². The standard InChI is InChI=1S/C26H28.C25H30.C8H8.C2H6/c1-19-6-12-23(13-7-19)20(2)24-14-8-21(9-15-24)18-22-10-16-25(17-11-22)26(3,4)5;1-7-8-21(17-18-25(5,6)19(2)3)23-13-15-24(16-14-23)22-11-9-20(4)10-12-22;1-2-8-6-4-3-5-7-8;1-2/h6-17H,2,18H2,1,3-5H3;7-19H,1H2,2-6H3;2-7H,1H2;1-2H3/b;18-17-,21-8+;;. The quantitative estimate of drug-likeness (QED) is 0.114. The molecule has 0 spiro atoms. The molecule has 0 heteroatoms. The van der Waals surface area contributed by atoms with Gasteiger partial charge in [-0.05, 0) is 98.2 Å². The fourth-order valence-corrected chi connectivity index (χ4v) is 6.17. The second-order valence-corrected chi connectivity index (χ2v) is 17.4. The Morgan fingerprint density at radius 2 is 0.984 bits per heavy atom. The summed E-state index contributed by atoms with van der Waals surface area (Å²) >= 11 is 0. The molecule has 0 saturated heterocycles. The number of allylic oxidation sites excluding steroid dienone is 5. The molecule has 0 atom stereocenters. The molecule has 0 aliphatic heterocycles. The van der Waals surface area contributed by atoms with E-state index < -0.39 is 0 Å². The largest absolute Gasteiger partial charge is 0.0990 e. The van der Waals surface area contributed by atoms with Crippen molar-refractivity contribution >= 4 is 17.2 Å². The summed E-state index contributed by atoms with van der Waals surface area (Å²) in [5, 5.41) is 0. The molecule has 0 nitrogen and oxygen atoms in total. The number of benzene rings is 6. The molecule has 6 aromatic rings. The van der Waals surface area contributed by atoms with Gasteiger partial charge in [0.15, 0.2) is 0 Å². The van der Waals surface area contributed by atoms with Crippen LogP contribution in [0.5, 0.6) is 0 Å². The molecule has 0 aliphatic carbocycles. The maximum atomic E-state index is 4.27. The van der Waals surface area contributed by atoms with Crippen molar-refractivity contribution in [3.05, 3.63) is 246 Å². The minimum atomic E-state index is 0.169. The van der Waals surface area contributed by atoms with Crippen molar-refractivity contribution in [3.63, 3.8) is 0 Å². The van der Waals surface area contributed by atoms with Crippen LogP contribution in [0.3, 0.4) is 0 Å². The average molecular weight is 805 g/mol. The predicted octanol–water partition coefficient (Wildman–Crippen LogP) is 17.8. The van der Waals surface area contributed by atoms with E-state index in [0.717, 1.165) is 12.0 Å². The maximum absolute atomic E-state index is 4.27. The Balaban J connectivity index is 0.000000266. The fraction of sp³-hybridized carbons (Fsp3) is 0.246. The van der Waals surface area contributed by atoms with Gasteiger partial charge in [0.1, 0.15) is 0 Å². The van der Waals surface area contributed by atoms with Crippen LogP contribution in [0.1, 0.15) is 112 Å². The van der Waals surface area contributed by atoms with Gasteiger partial charge in [0.2, 0.25) is 0 Å². The lowest BCUT2D eigenvalue weighted by Crippen LogP contribution is -2.15. The molecule has 316 valence electrons. The van der Waals surface area contributed by atoms with E-state index in [1.165, 1.54) is 66.8 Å². The van der Waals surface area contributed by atoms with E-state index in [-0.39, 0.29) is 10.8 Å². The molecule has 0 unspecified atom stereocenters. The topological polar surface area (TPSA) is 0 Å². The van der Waals surface area contributed by atoms with Gasteiger partial charge < -0.3 is 0 Å². The van der Waals surface area contributed by atoms with Crippen molar-refractivity contribution in [3.8, 4) is 11.1 Å². The Kier molecular flexibility index (Phi) is 19.7. The SMILES string of the molecule is C=C(c1ccc(C)cc1)c1ccc(Cc2ccc(C(C)(C)C)cc2)cc1.C=C/C=C(\C=C/C(C)(C)C(C)C)c1ccc(-c2ccc(C)cc2)cc1.C=Cc1ccccc1.CC. The molecular formula is C61H72. The highest BCUT2D eigenvalue weighted by Crippen LogP contribution is 2.30. The van der Waals surface area contributed by atoms with Crippen LogP contribution in [-0.4, -0.2) is 0 Å². The van der Waals surface area contributed by atoms with Gasteiger partial charge in [-0.25, -0.2) is 0 Å². The lowest BCUT2D eigenvalue weighted by molar-refractivity contribution is 0.333. The molecule has 0 saturated carbocycles. The van der Waals surface area contributed by atoms with Crippen LogP contribution in [0.2, 0.25) is 0 Å². The van der Waals surface area contributed by atoms with Crippen molar-refractivity contribution in [1.82, 2.24) is 0 Å². The van der Waals surface area contributed by atoms with E-state index in [4.69, 9.17) is 0 Å². The van der Waals surface area contributed by atoms with Crippen molar-refractivity contribution in [1.29, 1.82) is 0 Å². The first kappa shape index (κ1) is 49.4. The van der Waals surface area contributed by atoms with Crippen LogP contribution in [0.15, 0.2) is 196 Å².